The van der Waals surface area contributed by atoms with Gasteiger partial charge < -0.3 is 5.32 Å². The first kappa shape index (κ1) is 22.5. The van der Waals surface area contributed by atoms with E-state index in [1.54, 1.807) is 0 Å². The number of carbonyl (C=O) groups excluding carboxylic acids is 2. The van der Waals surface area contributed by atoms with E-state index in [4.69, 9.17) is 23.2 Å². The number of thioether (sulfide) groups is 1. The van der Waals surface area contributed by atoms with Crippen molar-refractivity contribution in [3.63, 3.8) is 0 Å². The molecule has 0 bridgehead atoms. The minimum atomic E-state index is -4.52. The maximum absolute atomic E-state index is 12.9. The van der Waals surface area contributed by atoms with E-state index in [0.717, 1.165) is 23.9 Å². The lowest BCUT2D eigenvalue weighted by Crippen LogP contribution is -2.43. The maximum Gasteiger partial charge on any atom is 0.416 e. The van der Waals surface area contributed by atoms with Crippen molar-refractivity contribution in [2.45, 2.75) is 17.8 Å². The number of carbonyl (C=O) groups is 2. The van der Waals surface area contributed by atoms with Crippen LogP contribution in [0.3, 0.4) is 0 Å². The highest BCUT2D eigenvalue weighted by Gasteiger charge is 2.34. The Morgan fingerprint density at radius 2 is 1.87 bits per heavy atom. The molecule has 0 radical (unpaired) electrons. The van der Waals surface area contributed by atoms with Gasteiger partial charge in [0.15, 0.2) is 5.17 Å². The minimum absolute atomic E-state index is 0.0228. The Morgan fingerprint density at radius 1 is 1.20 bits per heavy atom. The molecule has 1 saturated heterocycles. The Labute approximate surface area is 184 Å². The molecule has 1 fully saturated rings. The highest BCUT2D eigenvalue weighted by Crippen LogP contribution is 2.33. The molecule has 2 aromatic carbocycles. The lowest BCUT2D eigenvalue weighted by Gasteiger charge is -2.28. The normalized spacial score (nSPS) is 18.6. The molecular formula is C19H14Cl2F3N3O2S. The quantitative estimate of drug-likeness (QED) is 0.627. The van der Waals surface area contributed by atoms with Crippen LogP contribution in [-0.2, 0) is 15.8 Å². The predicted octanol–water partition coefficient (Wildman–Crippen LogP) is 5.60. The summed E-state index contributed by atoms with van der Waals surface area (Å²) in [5, 5.41) is 2.60. The molecule has 158 valence electrons. The van der Waals surface area contributed by atoms with Gasteiger partial charge in [-0.15, -0.1) is 0 Å². The molecular weight excluding hydrogens is 462 g/mol. The first-order chi connectivity index (χ1) is 14.0. The number of halogens is 5. The van der Waals surface area contributed by atoms with Crippen LogP contribution in [0.1, 0.15) is 12.0 Å². The largest absolute Gasteiger partial charge is 0.416 e. The fourth-order valence-electron chi connectivity index (χ4n) is 2.61. The number of anilines is 1. The highest BCUT2D eigenvalue weighted by atomic mass is 35.5. The first-order valence-corrected chi connectivity index (χ1v) is 10.1. The van der Waals surface area contributed by atoms with Crippen LogP contribution < -0.4 is 5.32 Å². The second-order valence-electron chi connectivity index (χ2n) is 6.35. The Hall–Kier alpha value is -2.23. The smallest absolute Gasteiger partial charge is 0.325 e. The van der Waals surface area contributed by atoms with Crippen LogP contribution in [0.15, 0.2) is 47.5 Å². The van der Waals surface area contributed by atoms with Gasteiger partial charge in [0.25, 0.3) is 0 Å². The molecule has 0 aromatic heterocycles. The van der Waals surface area contributed by atoms with Crippen LogP contribution in [0.4, 0.5) is 24.5 Å². The number of rotatable bonds is 3. The number of aliphatic imine (C=N–C) groups is 1. The summed E-state index contributed by atoms with van der Waals surface area (Å²) in [4.78, 5) is 30.3. The van der Waals surface area contributed by atoms with Gasteiger partial charge >= 0.3 is 6.18 Å². The Balaban J connectivity index is 1.82. The lowest BCUT2D eigenvalue weighted by atomic mass is 10.2. The average Bonchev–Trinajstić information content (AvgIpc) is 2.64. The molecule has 2 aromatic rings. The molecule has 30 heavy (non-hydrogen) atoms. The van der Waals surface area contributed by atoms with E-state index in [1.165, 1.54) is 42.3 Å². The van der Waals surface area contributed by atoms with Crippen molar-refractivity contribution < 1.29 is 22.8 Å². The number of amidine groups is 1. The molecule has 3 rings (SSSR count). The van der Waals surface area contributed by atoms with E-state index in [9.17, 15) is 22.8 Å². The fourth-order valence-corrected chi connectivity index (χ4v) is 4.20. The molecule has 1 aliphatic rings. The van der Waals surface area contributed by atoms with E-state index in [2.05, 4.69) is 10.3 Å². The average molecular weight is 476 g/mol. The zero-order valence-corrected chi connectivity index (χ0v) is 17.7. The zero-order chi connectivity index (χ0) is 22.1. The van der Waals surface area contributed by atoms with E-state index < -0.39 is 22.9 Å². The number of nitrogens with zero attached hydrogens (tertiary/aromatic N) is 2. The second-order valence-corrected chi connectivity index (χ2v) is 8.40. The molecule has 2 amide bonds. The third kappa shape index (κ3) is 5.47. The second kappa shape index (κ2) is 8.87. The molecule has 0 saturated carbocycles. The van der Waals surface area contributed by atoms with Gasteiger partial charge in [-0.3, -0.25) is 14.5 Å². The van der Waals surface area contributed by atoms with Crippen LogP contribution in [0.5, 0.6) is 0 Å². The summed E-state index contributed by atoms with van der Waals surface area (Å²) in [6.07, 6.45) is -4.61. The van der Waals surface area contributed by atoms with Crippen molar-refractivity contribution in [2.75, 3.05) is 12.4 Å². The van der Waals surface area contributed by atoms with Crippen molar-refractivity contribution in [3.05, 3.63) is 58.1 Å². The SMILES string of the molecule is CN1C(=O)CC(C(=O)Nc2cc(Cl)cc(Cl)c2)SC1=Nc1cccc(C(F)(F)F)c1. The monoisotopic (exact) mass is 475 g/mol. The van der Waals surface area contributed by atoms with E-state index in [0.29, 0.717) is 15.7 Å². The van der Waals surface area contributed by atoms with Crippen molar-refractivity contribution >= 4 is 63.3 Å². The lowest BCUT2D eigenvalue weighted by molar-refractivity contribution is -0.137. The summed E-state index contributed by atoms with van der Waals surface area (Å²) in [6.45, 7) is 0. The Morgan fingerprint density at radius 3 is 2.50 bits per heavy atom. The molecule has 0 spiro atoms. The number of alkyl halides is 3. The molecule has 1 aliphatic heterocycles. The van der Waals surface area contributed by atoms with Gasteiger partial charge in [0, 0.05) is 29.2 Å². The fraction of sp³-hybridized carbons (Fsp3) is 0.211. The number of benzene rings is 2. The van der Waals surface area contributed by atoms with Gasteiger partial charge in [0.05, 0.1) is 11.3 Å². The van der Waals surface area contributed by atoms with Crippen molar-refractivity contribution in [1.82, 2.24) is 4.90 Å². The van der Waals surface area contributed by atoms with Gasteiger partial charge in [0.1, 0.15) is 5.25 Å². The standard InChI is InChI=1S/C19H14Cl2F3N3O2S/c1-27-16(28)9-15(17(29)25-14-7-11(20)6-12(21)8-14)30-18(27)26-13-4-2-3-10(5-13)19(22,23)24/h2-8,15H,9H2,1H3,(H,25,29). The predicted molar refractivity (Wildman–Crippen MR) is 112 cm³/mol. The summed E-state index contributed by atoms with van der Waals surface area (Å²) in [6, 6.07) is 8.94. The molecule has 5 nitrogen and oxygen atoms in total. The number of hydrogen-bond acceptors (Lipinski definition) is 4. The van der Waals surface area contributed by atoms with Gasteiger partial charge in [-0.1, -0.05) is 41.0 Å². The van der Waals surface area contributed by atoms with E-state index >= 15 is 0 Å². The molecule has 11 heteroatoms. The topological polar surface area (TPSA) is 61.8 Å². The van der Waals surface area contributed by atoms with Gasteiger partial charge in [-0.05, 0) is 36.4 Å². The van der Waals surface area contributed by atoms with Gasteiger partial charge in [0.2, 0.25) is 11.8 Å². The molecule has 1 N–H and O–H groups in total. The van der Waals surface area contributed by atoms with Crippen LogP contribution >= 0.6 is 35.0 Å². The van der Waals surface area contributed by atoms with Crippen LogP contribution in [-0.4, -0.2) is 34.2 Å². The van der Waals surface area contributed by atoms with Crippen LogP contribution in [0.2, 0.25) is 10.0 Å². The number of amides is 2. The number of nitrogens with one attached hydrogen (secondary N) is 1. The van der Waals surface area contributed by atoms with E-state index in [-0.39, 0.29) is 23.2 Å². The van der Waals surface area contributed by atoms with Crippen molar-refractivity contribution in [1.29, 1.82) is 0 Å². The summed E-state index contributed by atoms with van der Waals surface area (Å²) in [7, 11) is 1.45. The number of hydrogen-bond donors (Lipinski definition) is 1. The highest BCUT2D eigenvalue weighted by molar-refractivity contribution is 8.15. The van der Waals surface area contributed by atoms with Crippen LogP contribution in [0, 0.1) is 0 Å². The van der Waals surface area contributed by atoms with E-state index in [1.807, 2.05) is 0 Å². The maximum atomic E-state index is 12.9. The van der Waals surface area contributed by atoms with Crippen molar-refractivity contribution in [2.24, 2.45) is 4.99 Å². The third-order valence-electron chi connectivity index (χ3n) is 4.09. The van der Waals surface area contributed by atoms with Gasteiger partial charge in [-0.25, -0.2) is 4.99 Å². The summed E-state index contributed by atoms with van der Waals surface area (Å²) >= 11 is 12.8. The Kier molecular flexibility index (Phi) is 6.64. The van der Waals surface area contributed by atoms with Gasteiger partial charge in [-0.2, -0.15) is 13.2 Å². The molecule has 0 aliphatic carbocycles. The summed E-state index contributed by atoms with van der Waals surface area (Å²) in [5.41, 5.74) is -0.471. The third-order valence-corrected chi connectivity index (χ3v) is 5.77. The summed E-state index contributed by atoms with van der Waals surface area (Å²) < 4.78 is 38.8. The Bertz CT molecular complexity index is 1010. The zero-order valence-electron chi connectivity index (χ0n) is 15.3. The molecule has 1 atom stereocenters. The first-order valence-electron chi connectivity index (χ1n) is 8.49. The minimum Gasteiger partial charge on any atom is -0.325 e. The molecule has 1 heterocycles. The van der Waals surface area contributed by atoms with Crippen LogP contribution in [0.25, 0.3) is 0 Å². The molecule has 1 unspecified atom stereocenters. The summed E-state index contributed by atoms with van der Waals surface area (Å²) in [5.74, 6) is -0.861. The van der Waals surface area contributed by atoms with Crippen molar-refractivity contribution in [3.8, 4) is 0 Å².